The molecular weight excluding hydrogens is 450 g/mol. The molecule has 0 saturated carbocycles. The molecule has 2 rings (SSSR count). The molecule has 2 N–H and O–H groups in total. The van der Waals surface area contributed by atoms with Gasteiger partial charge in [-0.2, -0.15) is 5.26 Å². The van der Waals surface area contributed by atoms with Crippen LogP contribution in [0.4, 0.5) is 10.5 Å². The zero-order chi connectivity index (χ0) is 26.3. The van der Waals surface area contributed by atoms with Crippen molar-refractivity contribution in [2.75, 3.05) is 26.2 Å². The van der Waals surface area contributed by atoms with Crippen LogP contribution in [-0.2, 0) is 9.53 Å². The number of anilines is 1. The molecule has 9 nitrogen and oxygen atoms in total. The number of allylic oxidation sites excluding steroid dienone is 1. The molecule has 0 heterocycles. The Morgan fingerprint density at radius 2 is 1.60 bits per heavy atom. The molecule has 186 valence electrons. The minimum absolute atomic E-state index is 0.125. The van der Waals surface area contributed by atoms with Gasteiger partial charge in [-0.3, -0.25) is 4.79 Å². The van der Waals surface area contributed by atoms with Crippen LogP contribution in [0.2, 0.25) is 0 Å². The standard InChI is InChI=1S/C26H31N3O6/c1-16(28)24(30)29(25(31)35-26(2,3)4)22-14-17(8-9-23(22)34-7)21(10-11-27)18-12-19(32-5)15-20(13-18)33-6/h8-10,12-16H,28H2,1-7H3. The summed E-state index contributed by atoms with van der Waals surface area (Å²) in [5.74, 6) is 0.621. The summed E-state index contributed by atoms with van der Waals surface area (Å²) in [5, 5.41) is 9.50. The van der Waals surface area contributed by atoms with E-state index in [-0.39, 0.29) is 11.4 Å². The number of nitriles is 1. The third-order valence-corrected chi connectivity index (χ3v) is 4.79. The van der Waals surface area contributed by atoms with Gasteiger partial charge in [0.2, 0.25) is 0 Å². The predicted octanol–water partition coefficient (Wildman–Crippen LogP) is 4.28. The van der Waals surface area contributed by atoms with Gasteiger partial charge in [-0.05, 0) is 68.7 Å². The van der Waals surface area contributed by atoms with Gasteiger partial charge in [-0.1, -0.05) is 6.07 Å². The van der Waals surface area contributed by atoms with E-state index in [1.54, 1.807) is 57.2 Å². The van der Waals surface area contributed by atoms with Crippen molar-refractivity contribution in [2.24, 2.45) is 5.73 Å². The molecule has 0 saturated heterocycles. The maximum absolute atomic E-state index is 13.1. The summed E-state index contributed by atoms with van der Waals surface area (Å²) >= 11 is 0. The lowest BCUT2D eigenvalue weighted by Gasteiger charge is -2.28. The molecular formula is C26H31N3O6. The molecule has 35 heavy (non-hydrogen) atoms. The summed E-state index contributed by atoms with van der Waals surface area (Å²) in [6, 6.07) is 11.1. The fourth-order valence-corrected chi connectivity index (χ4v) is 3.21. The van der Waals surface area contributed by atoms with Gasteiger partial charge < -0.3 is 24.7 Å². The van der Waals surface area contributed by atoms with Crippen LogP contribution < -0.4 is 24.8 Å². The molecule has 0 radical (unpaired) electrons. The summed E-state index contributed by atoms with van der Waals surface area (Å²) < 4.78 is 21.6. The number of rotatable bonds is 7. The van der Waals surface area contributed by atoms with E-state index in [0.717, 1.165) is 4.90 Å². The van der Waals surface area contributed by atoms with Crippen molar-refractivity contribution in [3.05, 3.63) is 53.6 Å². The van der Waals surface area contributed by atoms with Crippen LogP contribution in [-0.4, -0.2) is 45.0 Å². The Morgan fingerprint density at radius 1 is 1.00 bits per heavy atom. The quantitative estimate of drug-likeness (QED) is 0.581. The molecule has 0 aliphatic rings. The number of nitrogens with two attached hydrogens (primary N) is 1. The summed E-state index contributed by atoms with van der Waals surface area (Å²) in [6.07, 6.45) is 0.453. The van der Waals surface area contributed by atoms with Crippen molar-refractivity contribution < 1.29 is 28.5 Å². The van der Waals surface area contributed by atoms with Crippen LogP contribution >= 0.6 is 0 Å². The molecule has 0 spiro atoms. The summed E-state index contributed by atoms with van der Waals surface area (Å²) in [5.41, 5.74) is 6.77. The van der Waals surface area contributed by atoms with Gasteiger partial charge in [0.15, 0.2) is 0 Å². The Balaban J connectivity index is 2.75. The smallest absolute Gasteiger partial charge is 0.421 e. The average Bonchev–Trinajstić information content (AvgIpc) is 2.80. The Bertz CT molecular complexity index is 1140. The maximum Gasteiger partial charge on any atom is 0.421 e. The Kier molecular flexibility index (Phi) is 8.87. The molecule has 0 aliphatic carbocycles. The first-order valence-electron chi connectivity index (χ1n) is 10.8. The zero-order valence-corrected chi connectivity index (χ0v) is 21.0. The molecule has 0 fully saturated rings. The van der Waals surface area contributed by atoms with E-state index in [0.29, 0.717) is 28.2 Å². The van der Waals surface area contributed by atoms with Crippen LogP contribution in [0.5, 0.6) is 17.2 Å². The maximum atomic E-state index is 13.1. The number of imide groups is 1. The lowest BCUT2D eigenvalue weighted by atomic mass is 9.96. The number of carbonyl (C=O) groups is 2. The minimum Gasteiger partial charge on any atom is -0.497 e. The van der Waals surface area contributed by atoms with Crippen LogP contribution in [0, 0.1) is 11.3 Å². The first kappa shape index (κ1) is 27.2. The number of nitrogens with zero attached hydrogens (tertiary/aromatic N) is 2. The van der Waals surface area contributed by atoms with Gasteiger partial charge in [-0.25, -0.2) is 9.69 Å². The van der Waals surface area contributed by atoms with Gasteiger partial charge in [0.25, 0.3) is 5.91 Å². The number of carbonyl (C=O) groups excluding carboxylic acids is 2. The number of benzene rings is 2. The Hall–Kier alpha value is -4.03. The Labute approximate surface area is 205 Å². The van der Waals surface area contributed by atoms with E-state index in [1.165, 1.54) is 34.3 Å². The molecule has 2 aromatic rings. The van der Waals surface area contributed by atoms with E-state index in [2.05, 4.69) is 0 Å². The van der Waals surface area contributed by atoms with Crippen molar-refractivity contribution >= 4 is 23.3 Å². The monoisotopic (exact) mass is 481 g/mol. The number of hydrogen-bond acceptors (Lipinski definition) is 8. The minimum atomic E-state index is -0.993. The number of amides is 2. The topological polar surface area (TPSA) is 124 Å². The first-order chi connectivity index (χ1) is 16.4. The third-order valence-electron chi connectivity index (χ3n) is 4.79. The van der Waals surface area contributed by atoms with E-state index < -0.39 is 23.6 Å². The second-order valence-corrected chi connectivity index (χ2v) is 8.62. The molecule has 9 heteroatoms. The summed E-state index contributed by atoms with van der Waals surface area (Å²) in [7, 11) is 4.47. The molecule has 2 amide bonds. The van der Waals surface area contributed by atoms with Gasteiger partial charge in [-0.15, -0.1) is 0 Å². The lowest BCUT2D eigenvalue weighted by molar-refractivity contribution is -0.119. The van der Waals surface area contributed by atoms with Crippen molar-refractivity contribution in [1.82, 2.24) is 0 Å². The van der Waals surface area contributed by atoms with E-state index in [1.807, 2.05) is 6.07 Å². The van der Waals surface area contributed by atoms with Crippen molar-refractivity contribution in [3.8, 4) is 23.3 Å². The third kappa shape index (κ3) is 6.74. The highest BCUT2D eigenvalue weighted by Gasteiger charge is 2.33. The number of methoxy groups -OCH3 is 3. The Morgan fingerprint density at radius 3 is 2.06 bits per heavy atom. The largest absolute Gasteiger partial charge is 0.497 e. The van der Waals surface area contributed by atoms with Crippen molar-refractivity contribution in [2.45, 2.75) is 39.3 Å². The second-order valence-electron chi connectivity index (χ2n) is 8.62. The van der Waals surface area contributed by atoms with E-state index >= 15 is 0 Å². The predicted molar refractivity (Wildman–Crippen MR) is 133 cm³/mol. The average molecular weight is 482 g/mol. The van der Waals surface area contributed by atoms with Crippen LogP contribution in [0.25, 0.3) is 5.57 Å². The fraction of sp³-hybridized carbons (Fsp3) is 0.346. The molecule has 0 aliphatic heterocycles. The summed E-state index contributed by atoms with van der Waals surface area (Å²) in [4.78, 5) is 27.0. The summed E-state index contributed by atoms with van der Waals surface area (Å²) in [6.45, 7) is 6.55. The normalized spacial score (nSPS) is 12.3. The van der Waals surface area contributed by atoms with Gasteiger partial charge in [0.05, 0.1) is 39.1 Å². The van der Waals surface area contributed by atoms with Crippen molar-refractivity contribution in [1.29, 1.82) is 5.26 Å². The zero-order valence-electron chi connectivity index (χ0n) is 21.0. The van der Waals surface area contributed by atoms with Crippen LogP contribution in [0.3, 0.4) is 0 Å². The first-order valence-corrected chi connectivity index (χ1v) is 10.8. The van der Waals surface area contributed by atoms with Crippen LogP contribution in [0.15, 0.2) is 42.5 Å². The van der Waals surface area contributed by atoms with Gasteiger partial charge >= 0.3 is 6.09 Å². The number of hydrogen-bond donors (Lipinski definition) is 1. The SMILES string of the molecule is COc1cc(OC)cc(C(=CC#N)c2ccc(OC)c(N(C(=O)OC(C)(C)C)C(=O)C(C)N)c2)c1. The molecule has 0 aromatic heterocycles. The van der Waals surface area contributed by atoms with E-state index in [4.69, 9.17) is 24.7 Å². The lowest BCUT2D eigenvalue weighted by Crippen LogP contribution is -2.47. The molecule has 1 atom stereocenters. The number of ether oxygens (including phenoxy) is 4. The van der Waals surface area contributed by atoms with E-state index in [9.17, 15) is 14.9 Å². The van der Waals surface area contributed by atoms with Crippen molar-refractivity contribution in [3.63, 3.8) is 0 Å². The van der Waals surface area contributed by atoms with Crippen LogP contribution in [0.1, 0.15) is 38.8 Å². The molecule has 2 aromatic carbocycles. The highest BCUT2D eigenvalue weighted by molar-refractivity contribution is 6.15. The fourth-order valence-electron chi connectivity index (χ4n) is 3.21. The highest BCUT2D eigenvalue weighted by atomic mass is 16.6. The highest BCUT2D eigenvalue weighted by Crippen LogP contribution is 2.37. The second kappa shape index (κ2) is 11.4. The van der Waals surface area contributed by atoms with Gasteiger partial charge in [0.1, 0.15) is 22.8 Å². The molecule has 0 bridgehead atoms. The van der Waals surface area contributed by atoms with Gasteiger partial charge in [0, 0.05) is 12.1 Å². The molecule has 1 unspecified atom stereocenters.